The van der Waals surface area contributed by atoms with Gasteiger partial charge in [-0.25, -0.2) is 0 Å². The lowest BCUT2D eigenvalue weighted by atomic mass is 9.95. The monoisotopic (exact) mass is 490 g/mol. The minimum Gasteiger partial charge on any atom is -0.484 e. The fourth-order valence-electron chi connectivity index (χ4n) is 4.05. The molecule has 1 fully saturated rings. The Labute approximate surface area is 206 Å². The van der Waals surface area contributed by atoms with Gasteiger partial charge >= 0.3 is 0 Å². The van der Waals surface area contributed by atoms with Gasteiger partial charge in [0.15, 0.2) is 6.61 Å². The van der Waals surface area contributed by atoms with E-state index in [2.05, 4.69) is 12.2 Å². The second-order valence-electron chi connectivity index (χ2n) is 8.53. The van der Waals surface area contributed by atoms with E-state index in [-0.39, 0.29) is 31.0 Å². The van der Waals surface area contributed by atoms with Gasteiger partial charge in [0.1, 0.15) is 11.8 Å². The van der Waals surface area contributed by atoms with Gasteiger partial charge in [0.2, 0.25) is 5.91 Å². The Kier molecular flexibility index (Phi) is 9.45. The van der Waals surface area contributed by atoms with E-state index in [0.717, 1.165) is 32.1 Å². The van der Waals surface area contributed by atoms with Crippen molar-refractivity contribution in [2.45, 2.75) is 71.0 Å². The molecule has 0 radical (unpaired) electrons. The first-order valence-corrected chi connectivity index (χ1v) is 12.4. The third kappa shape index (κ3) is 7.12. The summed E-state index contributed by atoms with van der Waals surface area (Å²) in [7, 11) is 0. The maximum absolute atomic E-state index is 13.2. The number of hydrogen-bond donors (Lipinski definition) is 1. The van der Waals surface area contributed by atoms with Crippen molar-refractivity contribution in [2.24, 2.45) is 0 Å². The van der Waals surface area contributed by atoms with E-state index in [1.165, 1.54) is 16.9 Å². The molecule has 7 heteroatoms. The fraction of sp³-hybridized carbons (Fsp3) is 0.462. The number of nitrogens with zero attached hydrogens (tertiary/aromatic N) is 1. The molecule has 0 aliphatic heterocycles. The lowest BCUT2D eigenvalue weighted by Gasteiger charge is -2.31. The van der Waals surface area contributed by atoms with E-state index in [4.69, 9.17) is 27.9 Å². The summed E-state index contributed by atoms with van der Waals surface area (Å²) in [5.74, 6) is 0.123. The molecule has 1 aliphatic rings. The van der Waals surface area contributed by atoms with Crippen LogP contribution in [0.3, 0.4) is 0 Å². The SMILES string of the molecule is CCc1ccc(OCC(=O)N(Cc2c(Cl)cccc2Cl)[C@@H](C)C(=O)NC2CCCCC2)cc1. The van der Waals surface area contributed by atoms with E-state index in [0.29, 0.717) is 21.4 Å². The molecule has 0 heterocycles. The zero-order valence-corrected chi connectivity index (χ0v) is 20.8. The van der Waals surface area contributed by atoms with Crippen molar-refractivity contribution < 1.29 is 14.3 Å². The van der Waals surface area contributed by atoms with Crippen molar-refractivity contribution in [1.82, 2.24) is 10.2 Å². The third-order valence-corrected chi connectivity index (χ3v) is 6.91. The van der Waals surface area contributed by atoms with Crippen LogP contribution in [0, 0.1) is 0 Å². The lowest BCUT2D eigenvalue weighted by molar-refractivity contribution is -0.142. The Hall–Kier alpha value is -2.24. The summed E-state index contributed by atoms with van der Waals surface area (Å²) in [5, 5.41) is 4.03. The van der Waals surface area contributed by atoms with Gasteiger partial charge < -0.3 is 15.0 Å². The second-order valence-corrected chi connectivity index (χ2v) is 9.34. The number of amides is 2. The van der Waals surface area contributed by atoms with Gasteiger partial charge in [-0.05, 0) is 56.0 Å². The van der Waals surface area contributed by atoms with Crippen LogP contribution < -0.4 is 10.1 Å². The summed E-state index contributed by atoms with van der Waals surface area (Å²) in [4.78, 5) is 27.8. The van der Waals surface area contributed by atoms with Crippen LogP contribution in [0.2, 0.25) is 10.0 Å². The van der Waals surface area contributed by atoms with Gasteiger partial charge in [-0.2, -0.15) is 0 Å². The molecule has 5 nitrogen and oxygen atoms in total. The third-order valence-electron chi connectivity index (χ3n) is 6.20. The molecule has 33 heavy (non-hydrogen) atoms. The summed E-state index contributed by atoms with van der Waals surface area (Å²) in [6.45, 7) is 3.75. The number of hydrogen-bond acceptors (Lipinski definition) is 3. The van der Waals surface area contributed by atoms with Crippen LogP contribution in [0.1, 0.15) is 57.1 Å². The highest BCUT2D eigenvalue weighted by Crippen LogP contribution is 2.27. The first-order chi connectivity index (χ1) is 15.9. The summed E-state index contributed by atoms with van der Waals surface area (Å²) in [6.07, 6.45) is 6.30. The van der Waals surface area contributed by atoms with Gasteiger partial charge in [-0.15, -0.1) is 0 Å². The molecule has 178 valence electrons. The summed E-state index contributed by atoms with van der Waals surface area (Å²) in [5.41, 5.74) is 1.80. The molecule has 1 atom stereocenters. The van der Waals surface area contributed by atoms with E-state index >= 15 is 0 Å². The molecule has 0 unspecified atom stereocenters. The van der Waals surface area contributed by atoms with Gasteiger partial charge in [0.05, 0.1) is 0 Å². The molecular formula is C26H32Cl2N2O3. The van der Waals surface area contributed by atoms with Crippen molar-refractivity contribution in [3.63, 3.8) is 0 Å². The predicted molar refractivity (Wildman–Crippen MR) is 133 cm³/mol. The summed E-state index contributed by atoms with van der Waals surface area (Å²) in [6, 6.07) is 12.3. The minimum absolute atomic E-state index is 0.120. The molecule has 2 aromatic carbocycles. The topological polar surface area (TPSA) is 58.6 Å². The Morgan fingerprint density at radius 2 is 1.70 bits per heavy atom. The van der Waals surface area contributed by atoms with Crippen LogP contribution in [0.25, 0.3) is 0 Å². The Balaban J connectivity index is 1.74. The predicted octanol–water partition coefficient (Wildman–Crippen LogP) is 5.80. The molecule has 0 spiro atoms. The molecule has 0 bridgehead atoms. The average Bonchev–Trinajstić information content (AvgIpc) is 2.83. The highest BCUT2D eigenvalue weighted by Gasteiger charge is 2.29. The molecule has 3 rings (SSSR count). The van der Waals surface area contributed by atoms with Crippen molar-refractivity contribution in [1.29, 1.82) is 0 Å². The number of carbonyl (C=O) groups is 2. The first kappa shape index (κ1) is 25.4. The maximum atomic E-state index is 13.2. The number of aryl methyl sites for hydroxylation is 1. The average molecular weight is 491 g/mol. The van der Waals surface area contributed by atoms with E-state index in [9.17, 15) is 9.59 Å². The Bertz CT molecular complexity index is 923. The number of ether oxygens (including phenoxy) is 1. The zero-order chi connectivity index (χ0) is 23.8. The van der Waals surface area contributed by atoms with Crippen molar-refractivity contribution in [3.8, 4) is 5.75 Å². The standard InChI is InChI=1S/C26H32Cl2N2O3/c1-3-19-12-14-21(15-13-19)33-17-25(31)30(16-22-23(27)10-7-11-24(22)28)18(2)26(32)29-20-8-5-4-6-9-20/h7,10-15,18,20H,3-6,8-9,16-17H2,1-2H3,(H,29,32)/t18-/m0/s1. The molecule has 1 saturated carbocycles. The minimum atomic E-state index is -0.696. The van der Waals surface area contributed by atoms with Crippen LogP contribution >= 0.6 is 23.2 Å². The van der Waals surface area contributed by atoms with Crippen molar-refractivity contribution in [2.75, 3.05) is 6.61 Å². The largest absolute Gasteiger partial charge is 0.484 e. The van der Waals surface area contributed by atoms with Gasteiger partial charge in [0, 0.05) is 28.2 Å². The molecule has 2 amide bonds. The Morgan fingerprint density at radius 3 is 2.30 bits per heavy atom. The number of rotatable bonds is 9. The number of halogens is 2. The quantitative estimate of drug-likeness (QED) is 0.482. The van der Waals surface area contributed by atoms with Crippen LogP contribution in [0.4, 0.5) is 0 Å². The highest BCUT2D eigenvalue weighted by atomic mass is 35.5. The van der Waals surface area contributed by atoms with E-state index in [1.54, 1.807) is 25.1 Å². The molecule has 0 saturated heterocycles. The molecular weight excluding hydrogens is 459 g/mol. The maximum Gasteiger partial charge on any atom is 0.261 e. The zero-order valence-electron chi connectivity index (χ0n) is 19.3. The van der Waals surface area contributed by atoms with Gasteiger partial charge in [0.25, 0.3) is 5.91 Å². The van der Waals surface area contributed by atoms with Crippen LogP contribution in [-0.2, 0) is 22.6 Å². The van der Waals surface area contributed by atoms with Gasteiger partial charge in [-0.3, -0.25) is 9.59 Å². The lowest BCUT2D eigenvalue weighted by Crippen LogP contribution is -2.51. The van der Waals surface area contributed by atoms with E-state index < -0.39 is 6.04 Å². The van der Waals surface area contributed by atoms with E-state index in [1.807, 2.05) is 24.3 Å². The second kappa shape index (κ2) is 12.3. The molecule has 0 aromatic heterocycles. The number of benzene rings is 2. The normalized spacial score (nSPS) is 15.0. The van der Waals surface area contributed by atoms with Crippen LogP contribution in [0.15, 0.2) is 42.5 Å². The summed E-state index contributed by atoms with van der Waals surface area (Å²) < 4.78 is 5.74. The number of nitrogens with one attached hydrogen (secondary N) is 1. The highest BCUT2D eigenvalue weighted by molar-refractivity contribution is 6.36. The number of carbonyl (C=O) groups excluding carboxylic acids is 2. The van der Waals surface area contributed by atoms with Crippen molar-refractivity contribution >= 4 is 35.0 Å². The molecule has 1 N–H and O–H groups in total. The Morgan fingerprint density at radius 1 is 1.06 bits per heavy atom. The van der Waals surface area contributed by atoms with Crippen LogP contribution in [0.5, 0.6) is 5.75 Å². The van der Waals surface area contributed by atoms with Crippen molar-refractivity contribution in [3.05, 3.63) is 63.6 Å². The smallest absolute Gasteiger partial charge is 0.261 e. The first-order valence-electron chi connectivity index (χ1n) is 11.6. The fourth-order valence-corrected chi connectivity index (χ4v) is 4.57. The molecule has 2 aromatic rings. The van der Waals surface area contributed by atoms with Crippen LogP contribution in [-0.4, -0.2) is 35.4 Å². The molecule has 1 aliphatic carbocycles. The summed E-state index contributed by atoms with van der Waals surface area (Å²) >= 11 is 12.7. The van der Waals surface area contributed by atoms with Gasteiger partial charge in [-0.1, -0.05) is 67.6 Å².